The fraction of sp³-hybridized carbons (Fsp3) is 0.308. The van der Waals surface area contributed by atoms with E-state index in [0.717, 1.165) is 24.2 Å². The van der Waals surface area contributed by atoms with Gasteiger partial charge in [0, 0.05) is 16.2 Å². The fourth-order valence-corrected chi connectivity index (χ4v) is 2.28. The standard InChI is InChI=1S/C13H14BrN3O2/c1-3-10-8-11(4-2)16(15-10)12-6-5-9(14)7-13(12)17(18)19/h5-8H,3-4H2,1-2H3. The fourth-order valence-electron chi connectivity index (χ4n) is 1.93. The summed E-state index contributed by atoms with van der Waals surface area (Å²) in [6.45, 7) is 4.03. The highest BCUT2D eigenvalue weighted by Gasteiger charge is 2.19. The molecule has 0 fully saturated rings. The first-order valence-corrected chi connectivity index (χ1v) is 6.88. The molecule has 1 aromatic heterocycles. The van der Waals surface area contributed by atoms with Gasteiger partial charge in [0.1, 0.15) is 5.69 Å². The second-order valence-corrected chi connectivity index (χ2v) is 5.05. The van der Waals surface area contributed by atoms with Gasteiger partial charge in [-0.05, 0) is 31.0 Å². The van der Waals surface area contributed by atoms with Crippen molar-refractivity contribution >= 4 is 21.6 Å². The molecule has 0 aliphatic carbocycles. The molecule has 1 heterocycles. The summed E-state index contributed by atoms with van der Waals surface area (Å²) in [7, 11) is 0. The number of halogens is 1. The van der Waals surface area contributed by atoms with Crippen LogP contribution in [0.3, 0.4) is 0 Å². The van der Waals surface area contributed by atoms with Crippen LogP contribution in [0.1, 0.15) is 25.2 Å². The number of nitrogens with zero attached hydrogens (tertiary/aromatic N) is 3. The SMILES string of the molecule is CCc1cc(CC)n(-c2ccc(Br)cc2[N+](=O)[O-])n1. The molecule has 5 nitrogen and oxygen atoms in total. The van der Waals surface area contributed by atoms with Gasteiger partial charge < -0.3 is 0 Å². The lowest BCUT2D eigenvalue weighted by Gasteiger charge is -2.07. The van der Waals surface area contributed by atoms with Crippen molar-refractivity contribution in [3.8, 4) is 5.69 Å². The monoisotopic (exact) mass is 323 g/mol. The quantitative estimate of drug-likeness (QED) is 0.637. The number of hydrogen-bond donors (Lipinski definition) is 0. The Kier molecular flexibility index (Phi) is 3.99. The van der Waals surface area contributed by atoms with Crippen LogP contribution in [0, 0.1) is 10.1 Å². The molecule has 2 rings (SSSR count). The van der Waals surface area contributed by atoms with E-state index in [0.29, 0.717) is 10.2 Å². The third-order valence-corrected chi connectivity index (χ3v) is 3.41. The van der Waals surface area contributed by atoms with E-state index in [2.05, 4.69) is 21.0 Å². The molecule has 0 aliphatic rings. The first-order chi connectivity index (χ1) is 9.06. The maximum Gasteiger partial charge on any atom is 0.296 e. The summed E-state index contributed by atoms with van der Waals surface area (Å²) in [5.74, 6) is 0. The molecule has 0 saturated heterocycles. The van der Waals surface area contributed by atoms with Gasteiger partial charge in [-0.1, -0.05) is 29.8 Å². The predicted molar refractivity (Wildman–Crippen MR) is 76.7 cm³/mol. The predicted octanol–water partition coefficient (Wildman–Crippen LogP) is 3.67. The van der Waals surface area contributed by atoms with Crippen molar-refractivity contribution in [1.29, 1.82) is 0 Å². The summed E-state index contributed by atoms with van der Waals surface area (Å²) < 4.78 is 2.35. The zero-order chi connectivity index (χ0) is 14.0. The average Bonchev–Trinajstić information content (AvgIpc) is 2.81. The summed E-state index contributed by atoms with van der Waals surface area (Å²) >= 11 is 3.26. The molecule has 0 unspecified atom stereocenters. The van der Waals surface area contributed by atoms with Gasteiger partial charge in [-0.25, -0.2) is 4.68 Å². The van der Waals surface area contributed by atoms with E-state index in [1.165, 1.54) is 6.07 Å². The third kappa shape index (κ3) is 2.68. The molecule has 0 saturated carbocycles. The van der Waals surface area contributed by atoms with Gasteiger partial charge in [0.05, 0.1) is 10.6 Å². The number of aryl methyl sites for hydroxylation is 2. The van der Waals surface area contributed by atoms with E-state index in [1.54, 1.807) is 16.8 Å². The topological polar surface area (TPSA) is 61.0 Å². The molecular formula is C13H14BrN3O2. The van der Waals surface area contributed by atoms with Crippen LogP contribution in [0.15, 0.2) is 28.7 Å². The zero-order valence-electron chi connectivity index (χ0n) is 10.8. The Morgan fingerprint density at radius 3 is 2.63 bits per heavy atom. The first-order valence-electron chi connectivity index (χ1n) is 6.09. The minimum absolute atomic E-state index is 0.0508. The maximum absolute atomic E-state index is 11.2. The van der Waals surface area contributed by atoms with Crippen LogP contribution in [0.4, 0.5) is 5.69 Å². The van der Waals surface area contributed by atoms with Crippen LogP contribution in [-0.4, -0.2) is 14.7 Å². The number of nitro benzene ring substituents is 1. The molecule has 1 aromatic carbocycles. The second kappa shape index (κ2) is 5.52. The largest absolute Gasteiger partial charge is 0.296 e. The molecule has 0 amide bonds. The van der Waals surface area contributed by atoms with Gasteiger partial charge in [-0.3, -0.25) is 10.1 Å². The maximum atomic E-state index is 11.2. The molecule has 2 aromatic rings. The van der Waals surface area contributed by atoms with E-state index in [9.17, 15) is 10.1 Å². The van der Waals surface area contributed by atoms with Crippen molar-refractivity contribution in [2.75, 3.05) is 0 Å². The number of rotatable bonds is 4. The third-order valence-electron chi connectivity index (χ3n) is 2.92. The summed E-state index contributed by atoms with van der Waals surface area (Å²) in [5.41, 5.74) is 2.47. The summed E-state index contributed by atoms with van der Waals surface area (Å²) in [6.07, 6.45) is 1.59. The smallest absolute Gasteiger partial charge is 0.258 e. The highest BCUT2D eigenvalue weighted by molar-refractivity contribution is 9.10. The Morgan fingerprint density at radius 1 is 1.32 bits per heavy atom. The Hall–Kier alpha value is -1.69. The summed E-state index contributed by atoms with van der Waals surface area (Å²) in [4.78, 5) is 10.8. The van der Waals surface area contributed by atoms with Gasteiger partial charge in [-0.2, -0.15) is 5.10 Å². The van der Waals surface area contributed by atoms with E-state index in [4.69, 9.17) is 0 Å². The lowest BCUT2D eigenvalue weighted by Crippen LogP contribution is -2.05. The van der Waals surface area contributed by atoms with Crippen molar-refractivity contribution in [2.24, 2.45) is 0 Å². The van der Waals surface area contributed by atoms with Gasteiger partial charge >= 0.3 is 0 Å². The molecule has 19 heavy (non-hydrogen) atoms. The number of hydrogen-bond acceptors (Lipinski definition) is 3. The van der Waals surface area contributed by atoms with Crippen molar-refractivity contribution in [1.82, 2.24) is 9.78 Å². The number of nitro groups is 1. The van der Waals surface area contributed by atoms with Crippen LogP contribution in [0.5, 0.6) is 0 Å². The van der Waals surface area contributed by atoms with E-state index < -0.39 is 0 Å². The Labute approximate surface area is 119 Å². The van der Waals surface area contributed by atoms with Crippen molar-refractivity contribution in [3.63, 3.8) is 0 Å². The van der Waals surface area contributed by atoms with E-state index >= 15 is 0 Å². The molecule has 0 bridgehead atoms. The first kappa shape index (κ1) is 13.7. The Balaban J connectivity index is 2.64. The van der Waals surface area contributed by atoms with Gasteiger partial charge in [0.25, 0.3) is 5.69 Å². The summed E-state index contributed by atoms with van der Waals surface area (Å²) in [6, 6.07) is 7.00. The molecule has 0 spiro atoms. The van der Waals surface area contributed by atoms with Crippen LogP contribution < -0.4 is 0 Å². The van der Waals surface area contributed by atoms with Crippen molar-refractivity contribution in [2.45, 2.75) is 26.7 Å². The minimum atomic E-state index is -0.382. The van der Waals surface area contributed by atoms with E-state index in [-0.39, 0.29) is 10.6 Å². The molecular weight excluding hydrogens is 310 g/mol. The molecule has 6 heteroatoms. The normalized spacial score (nSPS) is 10.7. The lowest BCUT2D eigenvalue weighted by atomic mass is 10.2. The van der Waals surface area contributed by atoms with E-state index in [1.807, 2.05) is 19.9 Å². The number of benzene rings is 1. The zero-order valence-corrected chi connectivity index (χ0v) is 12.3. The van der Waals surface area contributed by atoms with Crippen LogP contribution in [0.2, 0.25) is 0 Å². The molecule has 0 radical (unpaired) electrons. The van der Waals surface area contributed by atoms with Gasteiger partial charge in [0.2, 0.25) is 0 Å². The highest BCUT2D eigenvalue weighted by atomic mass is 79.9. The van der Waals surface area contributed by atoms with Gasteiger partial charge in [-0.15, -0.1) is 0 Å². The molecule has 0 atom stereocenters. The van der Waals surface area contributed by atoms with Gasteiger partial charge in [0.15, 0.2) is 0 Å². The minimum Gasteiger partial charge on any atom is -0.258 e. The van der Waals surface area contributed by atoms with Crippen LogP contribution in [0.25, 0.3) is 5.69 Å². The second-order valence-electron chi connectivity index (χ2n) is 4.14. The van der Waals surface area contributed by atoms with Crippen LogP contribution >= 0.6 is 15.9 Å². The van der Waals surface area contributed by atoms with Crippen LogP contribution in [-0.2, 0) is 12.8 Å². The van der Waals surface area contributed by atoms with Crippen molar-refractivity contribution < 1.29 is 4.92 Å². The summed E-state index contributed by atoms with van der Waals surface area (Å²) in [5, 5.41) is 15.6. The molecule has 100 valence electrons. The Morgan fingerprint density at radius 2 is 2.05 bits per heavy atom. The lowest BCUT2D eigenvalue weighted by molar-refractivity contribution is -0.384. The molecule has 0 aliphatic heterocycles. The number of aromatic nitrogens is 2. The average molecular weight is 324 g/mol. The van der Waals surface area contributed by atoms with Crippen molar-refractivity contribution in [3.05, 3.63) is 50.2 Å². The Bertz CT molecular complexity index is 622. The highest BCUT2D eigenvalue weighted by Crippen LogP contribution is 2.27. The molecule has 0 N–H and O–H groups in total.